The van der Waals surface area contributed by atoms with E-state index in [-0.39, 0.29) is 36.6 Å². The number of nitrogens with zero attached hydrogens (tertiary/aromatic N) is 1. The van der Waals surface area contributed by atoms with Crippen molar-refractivity contribution < 1.29 is 14.6 Å². The molecule has 2 aliphatic heterocycles. The van der Waals surface area contributed by atoms with Crippen LogP contribution in [0.5, 0.6) is 0 Å². The summed E-state index contributed by atoms with van der Waals surface area (Å²) in [4.78, 5) is 14.4. The molecule has 0 radical (unpaired) electrons. The fourth-order valence-corrected chi connectivity index (χ4v) is 3.92. The number of piperidine rings is 1. The molecule has 0 bridgehead atoms. The lowest BCUT2D eigenvalue weighted by molar-refractivity contribution is -0.140. The van der Waals surface area contributed by atoms with Crippen molar-refractivity contribution in [2.75, 3.05) is 6.61 Å². The summed E-state index contributed by atoms with van der Waals surface area (Å²) in [6.07, 6.45) is 5.07. The zero-order valence-electron chi connectivity index (χ0n) is 13.4. The second-order valence-electron chi connectivity index (χ2n) is 6.58. The number of allylic oxidation sites excluding steroid dienone is 1. The molecule has 3 rings (SSSR count). The summed E-state index contributed by atoms with van der Waals surface area (Å²) in [5, 5.41) is 9.71. The highest BCUT2D eigenvalue weighted by Gasteiger charge is 2.46. The number of carbonyl (C=O) groups excluding carboxylic acids is 1. The van der Waals surface area contributed by atoms with Crippen LogP contribution in [0.15, 0.2) is 43.0 Å². The molecule has 2 saturated heterocycles. The quantitative estimate of drug-likeness (QED) is 0.821. The van der Waals surface area contributed by atoms with E-state index in [1.165, 1.54) is 0 Å². The number of aliphatic hydroxyl groups excluding tert-OH is 1. The summed E-state index contributed by atoms with van der Waals surface area (Å²) in [5.74, 6) is 0.204. The molecule has 124 valence electrons. The molecule has 1 amide bonds. The van der Waals surface area contributed by atoms with Gasteiger partial charge >= 0.3 is 0 Å². The molecule has 0 aliphatic carbocycles. The third-order valence-corrected chi connectivity index (χ3v) is 5.01. The predicted octanol–water partition coefficient (Wildman–Crippen LogP) is 2.52. The molecule has 0 aromatic heterocycles. The Hall–Kier alpha value is -1.65. The topological polar surface area (TPSA) is 49.8 Å². The summed E-state index contributed by atoms with van der Waals surface area (Å²) in [5.41, 5.74) is 1.16. The minimum Gasteiger partial charge on any atom is -0.394 e. The number of benzene rings is 1. The van der Waals surface area contributed by atoms with Crippen molar-refractivity contribution >= 4 is 5.91 Å². The fraction of sp³-hybridized carbons (Fsp3) is 0.526. The summed E-state index contributed by atoms with van der Waals surface area (Å²) in [6, 6.07) is 10.2. The Balaban J connectivity index is 1.63. The van der Waals surface area contributed by atoms with Crippen LogP contribution < -0.4 is 0 Å². The van der Waals surface area contributed by atoms with E-state index in [9.17, 15) is 9.90 Å². The van der Waals surface area contributed by atoms with E-state index in [2.05, 4.69) is 18.7 Å². The first-order valence-electron chi connectivity index (χ1n) is 8.42. The molecular weight excluding hydrogens is 290 g/mol. The number of ether oxygens (including phenoxy) is 1. The maximum Gasteiger partial charge on any atom is 0.226 e. The Morgan fingerprint density at radius 2 is 2.04 bits per heavy atom. The number of rotatable bonds is 6. The van der Waals surface area contributed by atoms with Gasteiger partial charge in [-0.3, -0.25) is 4.79 Å². The smallest absolute Gasteiger partial charge is 0.226 e. The van der Waals surface area contributed by atoms with Crippen LogP contribution in [0.25, 0.3) is 0 Å². The minimum atomic E-state index is -0.114. The van der Waals surface area contributed by atoms with Crippen molar-refractivity contribution in [1.29, 1.82) is 0 Å². The lowest BCUT2D eigenvalue weighted by Crippen LogP contribution is -2.51. The molecular formula is C19H25NO3. The van der Waals surface area contributed by atoms with Crippen LogP contribution in [0.2, 0.25) is 0 Å². The van der Waals surface area contributed by atoms with Gasteiger partial charge in [0.25, 0.3) is 0 Å². The highest BCUT2D eigenvalue weighted by Crippen LogP contribution is 2.37. The van der Waals surface area contributed by atoms with E-state index in [0.717, 1.165) is 24.8 Å². The lowest BCUT2D eigenvalue weighted by atomic mass is 9.92. The number of fused-ring (bicyclic) bond motifs is 1. The van der Waals surface area contributed by atoms with Crippen molar-refractivity contribution in [3.8, 4) is 0 Å². The van der Waals surface area contributed by atoms with Gasteiger partial charge in [-0.25, -0.2) is 0 Å². The van der Waals surface area contributed by atoms with Crippen LogP contribution in [0, 0.1) is 5.92 Å². The number of aliphatic hydroxyl groups is 1. The fourth-order valence-electron chi connectivity index (χ4n) is 3.92. The van der Waals surface area contributed by atoms with E-state index in [1.54, 1.807) is 0 Å². The molecule has 1 aromatic rings. The third-order valence-electron chi connectivity index (χ3n) is 5.01. The van der Waals surface area contributed by atoms with Gasteiger partial charge in [0.1, 0.15) is 0 Å². The van der Waals surface area contributed by atoms with Crippen molar-refractivity contribution in [3.63, 3.8) is 0 Å². The Morgan fingerprint density at radius 1 is 1.26 bits per heavy atom. The van der Waals surface area contributed by atoms with Crippen molar-refractivity contribution in [2.45, 2.75) is 50.5 Å². The summed E-state index contributed by atoms with van der Waals surface area (Å²) >= 11 is 0. The van der Waals surface area contributed by atoms with Crippen molar-refractivity contribution in [3.05, 3.63) is 48.6 Å². The minimum absolute atomic E-state index is 0.00818. The van der Waals surface area contributed by atoms with Crippen LogP contribution in [0.4, 0.5) is 0 Å². The van der Waals surface area contributed by atoms with Crippen LogP contribution in [-0.2, 0) is 16.1 Å². The van der Waals surface area contributed by atoms with Crippen LogP contribution in [0.1, 0.15) is 31.2 Å². The van der Waals surface area contributed by atoms with E-state index in [0.29, 0.717) is 13.0 Å². The zero-order valence-corrected chi connectivity index (χ0v) is 13.4. The largest absolute Gasteiger partial charge is 0.394 e. The second kappa shape index (κ2) is 7.28. The zero-order chi connectivity index (χ0) is 16.2. The van der Waals surface area contributed by atoms with Gasteiger partial charge < -0.3 is 14.7 Å². The molecule has 1 N–H and O–H groups in total. The molecule has 2 heterocycles. The molecule has 2 fully saturated rings. The summed E-state index contributed by atoms with van der Waals surface area (Å²) < 4.78 is 6.07. The lowest BCUT2D eigenvalue weighted by Gasteiger charge is -2.40. The van der Waals surface area contributed by atoms with Gasteiger partial charge in [-0.15, -0.1) is 6.58 Å². The molecule has 0 unspecified atom stereocenters. The van der Waals surface area contributed by atoms with Crippen molar-refractivity contribution in [1.82, 2.24) is 4.90 Å². The number of hydrogen-bond donors (Lipinski definition) is 1. The van der Waals surface area contributed by atoms with Crippen molar-refractivity contribution in [2.24, 2.45) is 5.92 Å². The summed E-state index contributed by atoms with van der Waals surface area (Å²) in [7, 11) is 0. The van der Waals surface area contributed by atoms with Gasteiger partial charge in [-0.2, -0.15) is 0 Å². The average Bonchev–Trinajstić information content (AvgIpc) is 2.90. The monoisotopic (exact) mass is 315 g/mol. The Labute approximate surface area is 137 Å². The number of hydrogen-bond acceptors (Lipinski definition) is 3. The highest BCUT2D eigenvalue weighted by atomic mass is 16.5. The van der Waals surface area contributed by atoms with Gasteiger partial charge in [-0.05, 0) is 31.2 Å². The molecule has 4 atom stereocenters. The average molecular weight is 315 g/mol. The highest BCUT2D eigenvalue weighted by molar-refractivity contribution is 5.82. The van der Waals surface area contributed by atoms with E-state index in [1.807, 2.05) is 29.2 Å². The molecule has 4 heteroatoms. The normalized spacial score (nSPS) is 30.3. The molecule has 0 spiro atoms. The van der Waals surface area contributed by atoms with E-state index < -0.39 is 0 Å². The second-order valence-corrected chi connectivity index (χ2v) is 6.58. The number of carbonyl (C=O) groups is 1. The first-order chi connectivity index (χ1) is 11.2. The maximum absolute atomic E-state index is 12.5. The first kappa shape index (κ1) is 16.2. The Morgan fingerprint density at radius 3 is 2.74 bits per heavy atom. The Kier molecular flexibility index (Phi) is 5.13. The molecule has 2 aliphatic rings. The standard InChI is InChI=1S/C19H25NO3/c1-2-6-15-9-16-10-18(11-17(12-21)20(16)19(15)22)23-13-14-7-4-3-5-8-14/h2-5,7-8,15-18,21H,1,6,9-13H2/t15-,16+,17-,18-/m0/s1. The molecule has 23 heavy (non-hydrogen) atoms. The van der Waals surface area contributed by atoms with Gasteiger partial charge in [0.05, 0.1) is 25.4 Å². The summed E-state index contributed by atoms with van der Waals surface area (Å²) in [6.45, 7) is 4.34. The SMILES string of the molecule is C=CC[C@H]1C[C@@H]2C[C@H](OCc3ccccc3)C[C@@H](CO)N2C1=O. The Bertz CT molecular complexity index is 545. The molecule has 0 saturated carbocycles. The number of amides is 1. The van der Waals surface area contributed by atoms with E-state index >= 15 is 0 Å². The third kappa shape index (κ3) is 3.48. The van der Waals surface area contributed by atoms with Crippen LogP contribution in [0.3, 0.4) is 0 Å². The van der Waals surface area contributed by atoms with Gasteiger partial charge in [0.15, 0.2) is 0 Å². The predicted molar refractivity (Wildman–Crippen MR) is 88.7 cm³/mol. The molecule has 4 nitrogen and oxygen atoms in total. The van der Waals surface area contributed by atoms with E-state index in [4.69, 9.17) is 4.74 Å². The van der Waals surface area contributed by atoms with Crippen LogP contribution >= 0.6 is 0 Å². The maximum atomic E-state index is 12.5. The van der Waals surface area contributed by atoms with Gasteiger partial charge in [0.2, 0.25) is 5.91 Å². The first-order valence-corrected chi connectivity index (χ1v) is 8.42. The van der Waals surface area contributed by atoms with Gasteiger partial charge in [-0.1, -0.05) is 36.4 Å². The van der Waals surface area contributed by atoms with Gasteiger partial charge in [0, 0.05) is 12.0 Å². The molecule has 1 aromatic carbocycles. The van der Waals surface area contributed by atoms with Crippen LogP contribution in [-0.4, -0.2) is 40.7 Å².